The first-order chi connectivity index (χ1) is 20.6. The van der Waals surface area contributed by atoms with Crippen LogP contribution in [0.25, 0.3) is 16.8 Å². The highest BCUT2D eigenvalue weighted by Gasteiger charge is 2.48. The zero-order valence-corrected chi connectivity index (χ0v) is 22.5. The number of carbonyl (C=O) groups is 2. The van der Waals surface area contributed by atoms with Crippen LogP contribution in [0.2, 0.25) is 0 Å². The van der Waals surface area contributed by atoms with Crippen molar-refractivity contribution in [1.29, 1.82) is 0 Å². The molecule has 0 bridgehead atoms. The molecule has 0 aliphatic carbocycles. The Bertz CT molecular complexity index is 1830. The van der Waals surface area contributed by atoms with Crippen LogP contribution >= 0.6 is 0 Å². The Kier molecular flexibility index (Phi) is 6.97. The lowest BCUT2D eigenvalue weighted by molar-refractivity contribution is -0.137. The number of anilines is 2. The van der Waals surface area contributed by atoms with E-state index in [0.717, 1.165) is 18.3 Å². The van der Waals surface area contributed by atoms with Crippen molar-refractivity contribution in [1.82, 2.24) is 24.3 Å². The molecule has 3 N–H and O–H groups in total. The number of rotatable bonds is 4. The van der Waals surface area contributed by atoms with Crippen molar-refractivity contribution in [3.63, 3.8) is 0 Å². The van der Waals surface area contributed by atoms with Crippen molar-refractivity contribution in [2.45, 2.75) is 31.6 Å². The SMILES string of the molecule is CC#CC(=O)N1[C@@H]2COC[C@@H]2C[C@H]1c1nc(-c2ccc(C(=O)Nc3cc(C(F)(F)F)ccn3)cc2F)c2c(N)nccn12. The Balaban J connectivity index is 1.36. The van der Waals surface area contributed by atoms with Gasteiger partial charge in [-0.2, -0.15) is 13.2 Å². The van der Waals surface area contributed by atoms with Crippen molar-refractivity contribution in [3.05, 3.63) is 71.7 Å². The number of amides is 2. The van der Waals surface area contributed by atoms with Gasteiger partial charge >= 0.3 is 6.18 Å². The summed E-state index contributed by atoms with van der Waals surface area (Å²) in [6, 6.07) is 4.35. The molecular formula is C29H23F4N7O3. The van der Waals surface area contributed by atoms with Crippen molar-refractivity contribution < 1.29 is 31.9 Å². The number of alkyl halides is 3. The molecule has 4 aromatic rings. The van der Waals surface area contributed by atoms with E-state index >= 15 is 4.39 Å². The number of nitrogens with zero attached hydrogens (tertiary/aromatic N) is 5. The van der Waals surface area contributed by atoms with Crippen LogP contribution < -0.4 is 11.1 Å². The second-order valence-electron chi connectivity index (χ2n) is 10.1. The summed E-state index contributed by atoms with van der Waals surface area (Å²) < 4.78 is 62.0. The number of pyridine rings is 1. The van der Waals surface area contributed by atoms with E-state index in [0.29, 0.717) is 37.0 Å². The Labute approximate surface area is 241 Å². The molecule has 43 heavy (non-hydrogen) atoms. The number of hydrogen-bond acceptors (Lipinski definition) is 7. The molecule has 14 heteroatoms. The maximum absolute atomic E-state index is 15.6. The average Bonchev–Trinajstić information content (AvgIpc) is 3.66. The van der Waals surface area contributed by atoms with Gasteiger partial charge in [-0.1, -0.05) is 5.92 Å². The molecule has 2 fully saturated rings. The lowest BCUT2D eigenvalue weighted by Crippen LogP contribution is -2.39. The van der Waals surface area contributed by atoms with Crippen LogP contribution in [0, 0.1) is 23.6 Å². The molecule has 1 aromatic carbocycles. The normalized spacial score (nSPS) is 19.7. The predicted octanol–water partition coefficient (Wildman–Crippen LogP) is 4.10. The lowest BCUT2D eigenvalue weighted by atomic mass is 10.0. The van der Waals surface area contributed by atoms with Crippen LogP contribution in [-0.4, -0.2) is 55.3 Å². The molecule has 0 saturated carbocycles. The van der Waals surface area contributed by atoms with Gasteiger partial charge in [0, 0.05) is 35.6 Å². The fourth-order valence-corrected chi connectivity index (χ4v) is 5.67. The lowest BCUT2D eigenvalue weighted by Gasteiger charge is -2.26. The number of fused-ring (bicyclic) bond motifs is 2. The maximum Gasteiger partial charge on any atom is 0.416 e. The van der Waals surface area contributed by atoms with Crippen LogP contribution in [0.1, 0.15) is 41.1 Å². The number of imidazole rings is 1. The zero-order valence-electron chi connectivity index (χ0n) is 22.5. The van der Waals surface area contributed by atoms with Crippen LogP contribution in [0.3, 0.4) is 0 Å². The van der Waals surface area contributed by atoms with Gasteiger partial charge in [0.1, 0.15) is 34.5 Å². The van der Waals surface area contributed by atoms with Gasteiger partial charge in [0.15, 0.2) is 0 Å². The third-order valence-electron chi connectivity index (χ3n) is 7.57. The van der Waals surface area contributed by atoms with Gasteiger partial charge in [-0.15, -0.1) is 0 Å². The van der Waals surface area contributed by atoms with E-state index in [1.54, 1.807) is 22.4 Å². The number of halogens is 4. The highest BCUT2D eigenvalue weighted by atomic mass is 19.4. The fourth-order valence-electron chi connectivity index (χ4n) is 5.67. The second kappa shape index (κ2) is 10.7. The third-order valence-corrected chi connectivity index (χ3v) is 7.57. The zero-order chi connectivity index (χ0) is 30.5. The summed E-state index contributed by atoms with van der Waals surface area (Å²) >= 11 is 0. The highest BCUT2D eigenvalue weighted by Crippen LogP contribution is 2.44. The standard InChI is InChI=1S/C29H23F4N7O3/c1-2-3-23(41)40-20(11-16-13-43-14-21(16)40)27-38-24(25-26(34)36-8-9-39(25)27)18-5-4-15(10-19(18)30)28(42)37-22-12-17(6-7-35-22)29(31,32)33/h4-10,12,16,20-21H,11,13-14H2,1H3,(H2,34,36)(H,35,37,42)/t16-,20-,21+/m0/s1. The molecule has 2 aliphatic rings. The minimum atomic E-state index is -4.63. The van der Waals surface area contributed by atoms with E-state index in [9.17, 15) is 22.8 Å². The van der Waals surface area contributed by atoms with Gasteiger partial charge in [0.2, 0.25) is 0 Å². The summed E-state index contributed by atoms with van der Waals surface area (Å²) in [6.45, 7) is 2.43. The van der Waals surface area contributed by atoms with Crippen molar-refractivity contribution in [3.8, 4) is 23.1 Å². The van der Waals surface area contributed by atoms with Crippen molar-refractivity contribution >= 4 is 29.0 Å². The van der Waals surface area contributed by atoms with E-state index in [1.807, 2.05) is 0 Å². The molecule has 0 unspecified atom stereocenters. The number of nitrogen functional groups attached to an aromatic ring is 1. The molecule has 5 heterocycles. The largest absolute Gasteiger partial charge is 0.416 e. The number of nitrogens with one attached hydrogen (secondary N) is 1. The van der Waals surface area contributed by atoms with Gasteiger partial charge in [-0.25, -0.2) is 19.3 Å². The summed E-state index contributed by atoms with van der Waals surface area (Å²) in [6.07, 6.45) is -0.0699. The second-order valence-corrected chi connectivity index (χ2v) is 10.1. The number of benzene rings is 1. The minimum Gasteiger partial charge on any atom is -0.382 e. The molecule has 3 aromatic heterocycles. The number of nitrogens with two attached hydrogens (primary N) is 1. The molecular weight excluding hydrogens is 570 g/mol. The fraction of sp³-hybridized carbons (Fsp3) is 0.276. The quantitative estimate of drug-likeness (QED) is 0.270. The molecule has 0 radical (unpaired) electrons. The smallest absolute Gasteiger partial charge is 0.382 e. The van der Waals surface area contributed by atoms with E-state index in [4.69, 9.17) is 15.5 Å². The van der Waals surface area contributed by atoms with Crippen molar-refractivity contribution in [2.24, 2.45) is 5.92 Å². The Morgan fingerprint density at radius 1 is 1.14 bits per heavy atom. The van der Waals surface area contributed by atoms with Crippen LogP contribution in [0.15, 0.2) is 48.9 Å². The molecule has 2 aliphatic heterocycles. The Hall–Kier alpha value is -5.03. The molecule has 6 rings (SSSR count). The molecule has 0 spiro atoms. The van der Waals surface area contributed by atoms with Crippen LogP contribution in [0.5, 0.6) is 0 Å². The van der Waals surface area contributed by atoms with Gasteiger partial charge in [-0.05, 0) is 49.6 Å². The van der Waals surface area contributed by atoms with Crippen molar-refractivity contribution in [2.75, 3.05) is 24.3 Å². The van der Waals surface area contributed by atoms with Crippen LogP contribution in [-0.2, 0) is 15.7 Å². The summed E-state index contributed by atoms with van der Waals surface area (Å²) in [4.78, 5) is 40.1. The molecule has 3 atom stereocenters. The predicted molar refractivity (Wildman–Crippen MR) is 146 cm³/mol. The van der Waals surface area contributed by atoms with Gasteiger partial charge < -0.3 is 20.7 Å². The number of aromatic nitrogens is 4. The van der Waals surface area contributed by atoms with Gasteiger partial charge in [-0.3, -0.25) is 14.0 Å². The summed E-state index contributed by atoms with van der Waals surface area (Å²) in [5.74, 6) is 3.42. The van der Waals surface area contributed by atoms with E-state index in [-0.39, 0.29) is 46.3 Å². The molecule has 10 nitrogen and oxygen atoms in total. The number of ether oxygens (including phenoxy) is 1. The van der Waals surface area contributed by atoms with E-state index < -0.39 is 29.5 Å². The topological polar surface area (TPSA) is 128 Å². The Morgan fingerprint density at radius 3 is 2.70 bits per heavy atom. The third kappa shape index (κ3) is 5.01. The average molecular weight is 594 g/mol. The number of carbonyl (C=O) groups excluding carboxylic acids is 2. The first kappa shape index (κ1) is 28.1. The molecule has 2 saturated heterocycles. The summed E-state index contributed by atoms with van der Waals surface area (Å²) in [7, 11) is 0. The monoisotopic (exact) mass is 593 g/mol. The van der Waals surface area contributed by atoms with Gasteiger partial charge in [0.05, 0.1) is 30.9 Å². The van der Waals surface area contributed by atoms with Gasteiger partial charge in [0.25, 0.3) is 11.8 Å². The number of likely N-dealkylation sites (tertiary alicyclic amines) is 1. The minimum absolute atomic E-state index is 0.00458. The first-order valence-electron chi connectivity index (χ1n) is 13.2. The highest BCUT2D eigenvalue weighted by molar-refractivity contribution is 6.04. The van der Waals surface area contributed by atoms with E-state index in [1.165, 1.54) is 18.3 Å². The summed E-state index contributed by atoms with van der Waals surface area (Å²) in [5, 5.41) is 2.26. The molecule has 220 valence electrons. The Morgan fingerprint density at radius 2 is 1.95 bits per heavy atom. The summed E-state index contributed by atoms with van der Waals surface area (Å²) in [5.41, 5.74) is 5.54. The number of hydrogen-bond donors (Lipinski definition) is 2. The molecule has 2 amide bonds. The first-order valence-corrected chi connectivity index (χ1v) is 13.2. The maximum atomic E-state index is 15.6. The van der Waals surface area contributed by atoms with E-state index in [2.05, 4.69) is 27.1 Å². The van der Waals surface area contributed by atoms with Crippen LogP contribution in [0.4, 0.5) is 29.2 Å².